The Kier molecular flexibility index (Phi) is 4.01. The molecule has 0 bridgehead atoms. The second-order valence-corrected chi connectivity index (χ2v) is 6.04. The Hall–Kier alpha value is -3.41. The number of nitrogens with one attached hydrogen (secondary N) is 1. The Labute approximate surface area is 149 Å². The first-order chi connectivity index (χ1) is 12.6. The first-order valence-corrected chi connectivity index (χ1v) is 8.36. The smallest absolute Gasteiger partial charge is 0.287 e. The SMILES string of the molecule is Cc1nc2ccccc2c(=O)n1CCNC(=O)c1cc2ccccc2o1. The Morgan fingerprint density at radius 3 is 2.77 bits per heavy atom. The summed E-state index contributed by atoms with van der Waals surface area (Å²) < 4.78 is 7.12. The van der Waals surface area contributed by atoms with Gasteiger partial charge in [-0.05, 0) is 31.2 Å². The van der Waals surface area contributed by atoms with Crippen molar-refractivity contribution in [2.75, 3.05) is 6.54 Å². The standard InChI is InChI=1S/C20H17N3O3/c1-13-22-16-8-4-3-7-15(16)20(25)23(13)11-10-21-19(24)18-12-14-6-2-5-9-17(14)26-18/h2-9,12H,10-11H2,1H3,(H,21,24). The van der Waals surface area contributed by atoms with Gasteiger partial charge in [0.25, 0.3) is 11.5 Å². The van der Waals surface area contributed by atoms with Crippen molar-refractivity contribution in [3.8, 4) is 0 Å². The van der Waals surface area contributed by atoms with E-state index in [4.69, 9.17) is 4.42 Å². The molecule has 1 N–H and O–H groups in total. The molecule has 0 saturated carbocycles. The third-order valence-corrected chi connectivity index (χ3v) is 4.32. The Bertz CT molecular complexity index is 1140. The Balaban J connectivity index is 1.50. The lowest BCUT2D eigenvalue weighted by Crippen LogP contribution is -2.32. The molecule has 0 saturated heterocycles. The summed E-state index contributed by atoms with van der Waals surface area (Å²) in [5.74, 6) is 0.569. The number of hydrogen-bond donors (Lipinski definition) is 1. The molecule has 0 unspecified atom stereocenters. The van der Waals surface area contributed by atoms with E-state index in [2.05, 4.69) is 10.3 Å². The number of nitrogens with zero attached hydrogens (tertiary/aromatic N) is 2. The molecular weight excluding hydrogens is 330 g/mol. The summed E-state index contributed by atoms with van der Waals surface area (Å²) in [6.45, 7) is 2.43. The maximum atomic E-state index is 12.6. The number of benzene rings is 2. The highest BCUT2D eigenvalue weighted by atomic mass is 16.3. The molecule has 6 nitrogen and oxygen atoms in total. The summed E-state index contributed by atoms with van der Waals surface area (Å²) in [7, 11) is 0. The molecule has 0 aliphatic heterocycles. The summed E-state index contributed by atoms with van der Waals surface area (Å²) in [4.78, 5) is 29.3. The molecule has 0 atom stereocenters. The molecular formula is C20H17N3O3. The minimum absolute atomic E-state index is 0.105. The van der Waals surface area contributed by atoms with Crippen LogP contribution in [0.1, 0.15) is 16.4 Å². The van der Waals surface area contributed by atoms with Gasteiger partial charge in [-0.1, -0.05) is 30.3 Å². The van der Waals surface area contributed by atoms with E-state index in [1.54, 1.807) is 23.6 Å². The number of carbonyl (C=O) groups is 1. The average molecular weight is 347 g/mol. The van der Waals surface area contributed by atoms with Crippen LogP contribution < -0.4 is 10.9 Å². The number of amides is 1. The topological polar surface area (TPSA) is 77.1 Å². The van der Waals surface area contributed by atoms with Gasteiger partial charge in [0.1, 0.15) is 11.4 Å². The summed E-state index contributed by atoms with van der Waals surface area (Å²) in [5, 5.41) is 4.24. The van der Waals surface area contributed by atoms with Crippen LogP contribution in [0.2, 0.25) is 0 Å². The van der Waals surface area contributed by atoms with Gasteiger partial charge in [0.15, 0.2) is 5.76 Å². The monoisotopic (exact) mass is 347 g/mol. The van der Waals surface area contributed by atoms with Gasteiger partial charge in [-0.2, -0.15) is 0 Å². The van der Waals surface area contributed by atoms with Gasteiger partial charge in [0, 0.05) is 18.5 Å². The molecule has 0 fully saturated rings. The number of aryl methyl sites for hydroxylation is 1. The zero-order valence-corrected chi connectivity index (χ0v) is 14.2. The van der Waals surface area contributed by atoms with Gasteiger partial charge in [-0.15, -0.1) is 0 Å². The first-order valence-electron chi connectivity index (χ1n) is 8.36. The number of furan rings is 1. The molecule has 2 aromatic heterocycles. The van der Waals surface area contributed by atoms with Gasteiger partial charge in [0.05, 0.1) is 10.9 Å². The van der Waals surface area contributed by atoms with Gasteiger partial charge in [0.2, 0.25) is 0 Å². The molecule has 130 valence electrons. The molecule has 26 heavy (non-hydrogen) atoms. The Morgan fingerprint density at radius 2 is 1.92 bits per heavy atom. The van der Waals surface area contributed by atoms with E-state index in [0.29, 0.717) is 35.4 Å². The van der Waals surface area contributed by atoms with Crippen LogP contribution in [0.3, 0.4) is 0 Å². The van der Waals surface area contributed by atoms with Crippen LogP contribution in [-0.2, 0) is 6.54 Å². The molecule has 6 heteroatoms. The fourth-order valence-electron chi connectivity index (χ4n) is 3.00. The van der Waals surface area contributed by atoms with Crippen molar-refractivity contribution >= 4 is 27.8 Å². The van der Waals surface area contributed by atoms with Crippen LogP contribution in [0.15, 0.2) is 63.8 Å². The second kappa shape index (κ2) is 6.48. The molecule has 0 radical (unpaired) electrons. The molecule has 0 spiro atoms. The van der Waals surface area contributed by atoms with Crippen LogP contribution in [0.4, 0.5) is 0 Å². The average Bonchev–Trinajstić information content (AvgIpc) is 3.08. The highest BCUT2D eigenvalue weighted by molar-refractivity contribution is 5.96. The fraction of sp³-hybridized carbons (Fsp3) is 0.150. The number of fused-ring (bicyclic) bond motifs is 2. The van der Waals surface area contributed by atoms with Crippen molar-refractivity contribution < 1.29 is 9.21 Å². The molecule has 4 aromatic rings. The van der Waals surface area contributed by atoms with E-state index in [1.165, 1.54) is 0 Å². The van der Waals surface area contributed by atoms with Crippen molar-refractivity contribution in [3.63, 3.8) is 0 Å². The third kappa shape index (κ3) is 2.86. The van der Waals surface area contributed by atoms with Gasteiger partial charge in [-0.25, -0.2) is 4.98 Å². The zero-order chi connectivity index (χ0) is 18.1. The highest BCUT2D eigenvalue weighted by Gasteiger charge is 2.12. The van der Waals surface area contributed by atoms with Crippen LogP contribution in [0.5, 0.6) is 0 Å². The molecule has 2 aromatic carbocycles. The zero-order valence-electron chi connectivity index (χ0n) is 14.2. The van der Waals surface area contributed by atoms with Gasteiger partial charge < -0.3 is 9.73 Å². The first kappa shape index (κ1) is 16.1. The van der Waals surface area contributed by atoms with Gasteiger partial charge in [-0.3, -0.25) is 14.2 Å². The number of para-hydroxylation sites is 2. The maximum absolute atomic E-state index is 12.6. The van der Waals surface area contributed by atoms with E-state index in [0.717, 1.165) is 5.39 Å². The molecule has 0 aliphatic carbocycles. The van der Waals surface area contributed by atoms with Crippen LogP contribution in [0.25, 0.3) is 21.9 Å². The third-order valence-electron chi connectivity index (χ3n) is 4.32. The van der Waals surface area contributed by atoms with Crippen molar-refractivity contribution in [1.82, 2.24) is 14.9 Å². The summed E-state index contributed by atoms with van der Waals surface area (Å²) in [6.07, 6.45) is 0. The molecule has 1 amide bonds. The molecule has 2 heterocycles. The van der Waals surface area contributed by atoms with Crippen molar-refractivity contribution in [1.29, 1.82) is 0 Å². The van der Waals surface area contributed by atoms with Crippen molar-refractivity contribution in [3.05, 3.63) is 76.5 Å². The quantitative estimate of drug-likeness (QED) is 0.616. The molecule has 0 aliphatic rings. The van der Waals surface area contributed by atoms with Crippen molar-refractivity contribution in [2.45, 2.75) is 13.5 Å². The van der Waals surface area contributed by atoms with Crippen LogP contribution >= 0.6 is 0 Å². The van der Waals surface area contributed by atoms with Crippen LogP contribution in [0, 0.1) is 6.92 Å². The normalized spacial score (nSPS) is 11.1. The van der Waals surface area contributed by atoms with E-state index < -0.39 is 0 Å². The number of rotatable bonds is 4. The predicted octanol–water partition coefficient (Wildman–Crippen LogP) is 2.88. The minimum Gasteiger partial charge on any atom is -0.451 e. The number of hydrogen-bond acceptors (Lipinski definition) is 4. The minimum atomic E-state index is -0.305. The highest BCUT2D eigenvalue weighted by Crippen LogP contribution is 2.18. The van der Waals surface area contributed by atoms with E-state index >= 15 is 0 Å². The lowest BCUT2D eigenvalue weighted by molar-refractivity contribution is 0.0926. The fourth-order valence-corrected chi connectivity index (χ4v) is 3.00. The second-order valence-electron chi connectivity index (χ2n) is 6.04. The number of aromatic nitrogens is 2. The summed E-state index contributed by atoms with van der Waals surface area (Å²) in [6, 6.07) is 16.4. The van der Waals surface area contributed by atoms with Gasteiger partial charge >= 0.3 is 0 Å². The summed E-state index contributed by atoms with van der Waals surface area (Å²) in [5.41, 5.74) is 1.24. The lowest BCUT2D eigenvalue weighted by Gasteiger charge is -2.11. The van der Waals surface area contributed by atoms with Crippen molar-refractivity contribution in [2.24, 2.45) is 0 Å². The number of carbonyl (C=O) groups excluding carboxylic acids is 1. The Morgan fingerprint density at radius 1 is 1.15 bits per heavy atom. The largest absolute Gasteiger partial charge is 0.451 e. The maximum Gasteiger partial charge on any atom is 0.287 e. The van der Waals surface area contributed by atoms with E-state index in [9.17, 15) is 9.59 Å². The van der Waals surface area contributed by atoms with E-state index in [-0.39, 0.29) is 17.2 Å². The summed E-state index contributed by atoms with van der Waals surface area (Å²) >= 11 is 0. The lowest BCUT2D eigenvalue weighted by atomic mass is 10.2. The predicted molar refractivity (Wildman–Crippen MR) is 99.3 cm³/mol. The molecule has 4 rings (SSSR count). The van der Waals surface area contributed by atoms with E-state index in [1.807, 2.05) is 42.5 Å². The van der Waals surface area contributed by atoms with Crippen LogP contribution in [-0.4, -0.2) is 22.0 Å².